The van der Waals surface area contributed by atoms with Crippen LogP contribution in [0.25, 0.3) is 0 Å². The quantitative estimate of drug-likeness (QED) is 0.284. The minimum Gasteiger partial charge on any atom is -0.508 e. The number of aliphatic hydroxyl groups is 1. The van der Waals surface area contributed by atoms with E-state index in [1.807, 2.05) is 41.5 Å². The highest BCUT2D eigenvalue weighted by molar-refractivity contribution is 7.98. The van der Waals surface area contributed by atoms with Gasteiger partial charge in [0.2, 0.25) is 0 Å². The van der Waals surface area contributed by atoms with Gasteiger partial charge in [-0.2, -0.15) is 26.3 Å². The largest absolute Gasteiger partial charge is 0.508 e. The molecule has 4 rings (SSSR count). The first-order chi connectivity index (χ1) is 16.8. The number of thiophene rings is 1. The van der Waals surface area contributed by atoms with E-state index in [0.717, 1.165) is 4.21 Å². The molecule has 0 radical (unpaired) electrons. The van der Waals surface area contributed by atoms with Crippen LogP contribution in [0.4, 0.5) is 32.0 Å². The highest BCUT2D eigenvalue weighted by Crippen LogP contribution is 2.50. The zero-order valence-corrected chi connectivity index (χ0v) is 20.7. The number of hydrogen-bond donors (Lipinski definition) is 2. The molecule has 4 nitrogen and oxygen atoms in total. The Balaban J connectivity index is 0.000000383. The summed E-state index contributed by atoms with van der Waals surface area (Å²) in [5.41, 5.74) is -4.46. The second-order valence-electron chi connectivity index (χ2n) is 8.03. The number of benzene rings is 2. The Morgan fingerprint density at radius 1 is 0.806 bits per heavy atom. The summed E-state index contributed by atoms with van der Waals surface area (Å²) in [4.78, 5) is 1.88. The van der Waals surface area contributed by atoms with Gasteiger partial charge in [-0.25, -0.2) is 4.31 Å². The highest BCUT2D eigenvalue weighted by Gasteiger charge is 2.71. The van der Waals surface area contributed by atoms with Crippen molar-refractivity contribution >= 4 is 29.0 Å². The Bertz CT molecular complexity index is 1040. The molecule has 12 heteroatoms. The van der Waals surface area contributed by atoms with Gasteiger partial charge in [0, 0.05) is 37.4 Å². The van der Waals surface area contributed by atoms with Gasteiger partial charge >= 0.3 is 12.4 Å². The first kappa shape index (κ1) is 28.2. The summed E-state index contributed by atoms with van der Waals surface area (Å²) in [5.74, 6) is 0.329. The molecule has 1 fully saturated rings. The lowest BCUT2D eigenvalue weighted by molar-refractivity contribution is -0.376. The Morgan fingerprint density at radius 2 is 1.36 bits per heavy atom. The molecule has 0 unspecified atom stereocenters. The molecule has 2 N–H and O–H groups in total. The van der Waals surface area contributed by atoms with Crippen LogP contribution in [0, 0.1) is 6.92 Å². The zero-order chi connectivity index (χ0) is 26.6. The topological polar surface area (TPSA) is 46.9 Å². The van der Waals surface area contributed by atoms with Gasteiger partial charge in [-0.15, -0.1) is 11.3 Å². The first-order valence-corrected chi connectivity index (χ1v) is 12.4. The molecule has 1 aliphatic rings. The first-order valence-electron chi connectivity index (χ1n) is 10.7. The van der Waals surface area contributed by atoms with Crippen molar-refractivity contribution in [3.63, 3.8) is 0 Å². The molecule has 0 atom stereocenters. The molecule has 2 aromatic carbocycles. The third kappa shape index (κ3) is 6.67. The monoisotopic (exact) mass is 550 g/mol. The lowest BCUT2D eigenvalue weighted by Gasteiger charge is -2.36. The summed E-state index contributed by atoms with van der Waals surface area (Å²) in [6, 6.07) is 14.8. The number of nitrogens with zero attached hydrogens (tertiary/aromatic N) is 2. The number of anilines is 1. The summed E-state index contributed by atoms with van der Waals surface area (Å²) < 4.78 is 81.0. The van der Waals surface area contributed by atoms with E-state index in [2.05, 4.69) is 4.31 Å². The minimum absolute atomic E-state index is 0.329. The molecule has 1 aliphatic heterocycles. The lowest BCUT2D eigenvalue weighted by Crippen LogP contribution is -2.53. The van der Waals surface area contributed by atoms with E-state index >= 15 is 0 Å². The normalized spacial score (nSPS) is 15.4. The van der Waals surface area contributed by atoms with Crippen molar-refractivity contribution < 1.29 is 36.6 Å². The molecule has 36 heavy (non-hydrogen) atoms. The van der Waals surface area contributed by atoms with Crippen LogP contribution in [0.2, 0.25) is 0 Å². The highest BCUT2D eigenvalue weighted by atomic mass is 32.2. The van der Waals surface area contributed by atoms with Gasteiger partial charge in [0.25, 0.3) is 5.60 Å². The SMILES string of the molecule is Cc1ccc(O)cc1.OC(c1ccc(N2CCN(Sc3cccs3)CC2)cc1)(C(F)(F)F)C(F)(F)F. The summed E-state index contributed by atoms with van der Waals surface area (Å²) in [5, 5.41) is 20.2. The summed E-state index contributed by atoms with van der Waals surface area (Å²) >= 11 is 3.24. The molecular weight excluding hydrogens is 526 g/mol. The molecule has 1 aromatic heterocycles. The number of aryl methyl sites for hydroxylation is 1. The van der Waals surface area contributed by atoms with E-state index in [0.29, 0.717) is 49.7 Å². The second kappa shape index (κ2) is 11.3. The Hall–Kier alpha value is -2.41. The number of phenolic OH excluding ortho intramolecular Hbond substituents is 1. The maximum absolute atomic E-state index is 13.0. The molecule has 0 spiro atoms. The number of piperazine rings is 1. The van der Waals surface area contributed by atoms with Gasteiger partial charge in [0.05, 0.1) is 4.21 Å². The summed E-state index contributed by atoms with van der Waals surface area (Å²) in [6.45, 7) is 4.54. The maximum atomic E-state index is 13.0. The number of hydrogen-bond acceptors (Lipinski definition) is 6. The van der Waals surface area contributed by atoms with Gasteiger partial charge in [-0.3, -0.25) is 0 Å². The molecule has 1 saturated heterocycles. The molecule has 196 valence electrons. The molecule has 0 aliphatic carbocycles. The molecule has 0 saturated carbocycles. The van der Waals surface area contributed by atoms with Gasteiger partial charge in [-0.1, -0.05) is 35.9 Å². The minimum atomic E-state index is -5.88. The van der Waals surface area contributed by atoms with Gasteiger partial charge < -0.3 is 15.1 Å². The van der Waals surface area contributed by atoms with E-state index in [1.54, 1.807) is 35.4 Å². The van der Waals surface area contributed by atoms with Crippen molar-refractivity contribution in [1.29, 1.82) is 0 Å². The third-order valence-electron chi connectivity index (χ3n) is 5.46. The van der Waals surface area contributed by atoms with Crippen molar-refractivity contribution in [3.05, 3.63) is 77.2 Å². The van der Waals surface area contributed by atoms with Crippen molar-refractivity contribution in [1.82, 2.24) is 4.31 Å². The fourth-order valence-corrected chi connectivity index (χ4v) is 5.27. The van der Waals surface area contributed by atoms with Crippen molar-refractivity contribution in [2.45, 2.75) is 29.1 Å². The van der Waals surface area contributed by atoms with Crippen LogP contribution in [0.15, 0.2) is 70.3 Å². The second-order valence-corrected chi connectivity index (χ2v) is 10.4. The van der Waals surface area contributed by atoms with Gasteiger partial charge in [0.15, 0.2) is 0 Å². The predicted octanol–water partition coefficient (Wildman–Crippen LogP) is 6.59. The molecule has 0 bridgehead atoms. The number of phenols is 1. The fraction of sp³-hybridized carbons (Fsp3) is 0.333. The smallest absolute Gasteiger partial charge is 0.430 e. The predicted molar refractivity (Wildman–Crippen MR) is 129 cm³/mol. The van der Waals surface area contributed by atoms with Crippen LogP contribution in [0.1, 0.15) is 11.1 Å². The van der Waals surface area contributed by atoms with E-state index in [1.165, 1.54) is 17.7 Å². The lowest BCUT2D eigenvalue weighted by atomic mass is 9.92. The van der Waals surface area contributed by atoms with E-state index in [-0.39, 0.29) is 0 Å². The number of alkyl halides is 6. The molecule has 3 aromatic rings. The number of aromatic hydroxyl groups is 1. The zero-order valence-electron chi connectivity index (χ0n) is 19.1. The van der Waals surface area contributed by atoms with Crippen LogP contribution in [-0.4, -0.2) is 53.0 Å². The number of rotatable bonds is 4. The fourth-order valence-electron chi connectivity index (χ4n) is 3.43. The van der Waals surface area contributed by atoms with Crippen LogP contribution < -0.4 is 4.90 Å². The van der Waals surface area contributed by atoms with Gasteiger partial charge in [-0.05, 0) is 54.6 Å². The van der Waals surface area contributed by atoms with E-state index in [4.69, 9.17) is 5.11 Å². The van der Waals surface area contributed by atoms with Crippen molar-refractivity contribution in [2.24, 2.45) is 0 Å². The van der Waals surface area contributed by atoms with E-state index in [9.17, 15) is 31.4 Å². The standard InChI is InChI=1S/C17H16F6N2OS2.C7H8O/c18-16(19,20)15(26,17(21,22)23)12-3-5-13(6-4-12)24-7-9-25(10-8-24)28-14-2-1-11-27-14;1-6-2-4-7(8)5-3-6/h1-6,11,26H,7-10H2;2-5,8H,1H3. The molecule has 0 amide bonds. The number of halogens is 6. The molecule has 2 heterocycles. The third-order valence-corrected chi connectivity index (χ3v) is 7.57. The molecular formula is C24H24F6N2O2S2. The van der Waals surface area contributed by atoms with Gasteiger partial charge in [0.1, 0.15) is 5.75 Å². The van der Waals surface area contributed by atoms with Crippen molar-refractivity contribution in [2.75, 3.05) is 31.1 Å². The van der Waals surface area contributed by atoms with Crippen LogP contribution in [0.3, 0.4) is 0 Å². The van der Waals surface area contributed by atoms with Crippen LogP contribution in [-0.2, 0) is 5.60 Å². The Morgan fingerprint density at radius 3 is 1.81 bits per heavy atom. The Kier molecular flexibility index (Phi) is 8.86. The van der Waals surface area contributed by atoms with Crippen LogP contribution >= 0.6 is 23.3 Å². The average molecular weight is 551 g/mol. The summed E-state index contributed by atoms with van der Waals surface area (Å²) in [7, 11) is 0. The van der Waals surface area contributed by atoms with Crippen molar-refractivity contribution in [3.8, 4) is 5.75 Å². The van der Waals surface area contributed by atoms with Crippen LogP contribution in [0.5, 0.6) is 5.75 Å². The Labute approximate surface area is 212 Å². The maximum Gasteiger partial charge on any atom is 0.430 e. The van der Waals surface area contributed by atoms with E-state index < -0.39 is 23.5 Å². The summed E-state index contributed by atoms with van der Waals surface area (Å²) in [6.07, 6.45) is -11.8. The average Bonchev–Trinajstić information content (AvgIpc) is 3.33.